The van der Waals surface area contributed by atoms with Gasteiger partial charge in [0, 0.05) is 26.1 Å². The van der Waals surface area contributed by atoms with Crippen LogP contribution in [0.5, 0.6) is 0 Å². The number of hydrogen-bond acceptors (Lipinski definition) is 5. The van der Waals surface area contributed by atoms with Crippen LogP contribution >= 0.6 is 0 Å². The molecule has 2 aliphatic rings. The van der Waals surface area contributed by atoms with Gasteiger partial charge in [-0.1, -0.05) is 12.1 Å². The second-order valence-electron chi connectivity index (χ2n) is 6.28. The molecule has 1 atom stereocenters. The molecule has 0 unspecified atom stereocenters. The first-order valence-electron chi connectivity index (χ1n) is 8.60. The molecule has 0 saturated carbocycles. The quantitative estimate of drug-likeness (QED) is 0.749. The van der Waals surface area contributed by atoms with Crippen molar-refractivity contribution in [1.82, 2.24) is 15.1 Å². The van der Waals surface area contributed by atoms with E-state index in [9.17, 15) is 19.2 Å². The lowest BCUT2D eigenvalue weighted by Crippen LogP contribution is -2.50. The van der Waals surface area contributed by atoms with E-state index in [1.165, 1.54) is 0 Å². The second-order valence-corrected chi connectivity index (χ2v) is 6.28. The van der Waals surface area contributed by atoms with Crippen molar-refractivity contribution in [3.8, 4) is 0 Å². The van der Waals surface area contributed by atoms with Crippen LogP contribution in [0.2, 0.25) is 0 Å². The highest BCUT2D eigenvalue weighted by Gasteiger charge is 2.35. The van der Waals surface area contributed by atoms with Gasteiger partial charge in [0.05, 0.1) is 24.3 Å². The highest BCUT2D eigenvalue weighted by atomic mass is 16.5. The fraction of sp³-hybridized carbons (Fsp3) is 0.444. The van der Waals surface area contributed by atoms with Crippen molar-refractivity contribution in [3.63, 3.8) is 0 Å². The fourth-order valence-electron chi connectivity index (χ4n) is 3.09. The molecular formula is C18H21N3O5. The van der Waals surface area contributed by atoms with Crippen molar-refractivity contribution in [2.45, 2.75) is 19.4 Å². The molecule has 0 bridgehead atoms. The molecule has 1 aromatic rings. The Balaban J connectivity index is 1.51. The third-order valence-corrected chi connectivity index (χ3v) is 4.51. The number of imide groups is 1. The molecule has 0 aromatic heterocycles. The second kappa shape index (κ2) is 7.65. The van der Waals surface area contributed by atoms with E-state index in [0.29, 0.717) is 37.4 Å². The molecule has 26 heavy (non-hydrogen) atoms. The number of hydrogen-bond donors (Lipinski definition) is 1. The van der Waals surface area contributed by atoms with E-state index in [1.807, 2.05) is 0 Å². The van der Waals surface area contributed by atoms with Crippen LogP contribution in [0.4, 0.5) is 0 Å². The van der Waals surface area contributed by atoms with Crippen molar-refractivity contribution in [2.75, 3.05) is 32.8 Å². The lowest BCUT2D eigenvalue weighted by molar-refractivity contribution is -0.139. The van der Waals surface area contributed by atoms with Crippen molar-refractivity contribution in [2.24, 2.45) is 0 Å². The van der Waals surface area contributed by atoms with Gasteiger partial charge in [-0.2, -0.15) is 0 Å². The number of rotatable bonds is 5. The van der Waals surface area contributed by atoms with Gasteiger partial charge in [0.2, 0.25) is 11.8 Å². The Morgan fingerprint density at radius 2 is 1.69 bits per heavy atom. The van der Waals surface area contributed by atoms with Crippen LogP contribution in [0, 0.1) is 0 Å². The van der Waals surface area contributed by atoms with Crippen LogP contribution in [0.25, 0.3) is 0 Å². The van der Waals surface area contributed by atoms with E-state index < -0.39 is 17.9 Å². The van der Waals surface area contributed by atoms with Gasteiger partial charge in [0.1, 0.15) is 6.04 Å². The summed E-state index contributed by atoms with van der Waals surface area (Å²) in [6, 6.07) is 5.91. The number of ether oxygens (including phenoxy) is 1. The average molecular weight is 359 g/mol. The van der Waals surface area contributed by atoms with E-state index in [-0.39, 0.29) is 24.8 Å². The van der Waals surface area contributed by atoms with Crippen molar-refractivity contribution < 1.29 is 23.9 Å². The van der Waals surface area contributed by atoms with Gasteiger partial charge in [0.15, 0.2) is 0 Å². The summed E-state index contributed by atoms with van der Waals surface area (Å²) in [6.45, 7) is 3.61. The number of fused-ring (bicyclic) bond motifs is 1. The van der Waals surface area contributed by atoms with Crippen molar-refractivity contribution >= 4 is 23.6 Å². The largest absolute Gasteiger partial charge is 0.378 e. The Morgan fingerprint density at radius 1 is 1.12 bits per heavy atom. The number of carbonyl (C=O) groups excluding carboxylic acids is 4. The molecule has 4 amide bonds. The average Bonchev–Trinajstić information content (AvgIpc) is 2.91. The van der Waals surface area contributed by atoms with Gasteiger partial charge in [0.25, 0.3) is 11.8 Å². The Bertz CT molecular complexity index is 707. The molecule has 2 heterocycles. The standard InChI is InChI=1S/C18H21N3O5/c1-12(16(23)20-8-10-26-11-9-20)19-15(22)6-7-21-17(24)13-4-2-3-5-14(13)18(21)25/h2-5,12H,6-11H2,1H3,(H,19,22)/t12-/m0/s1. The molecule has 1 aromatic carbocycles. The predicted molar refractivity (Wildman–Crippen MR) is 91.4 cm³/mol. The van der Waals surface area contributed by atoms with Gasteiger partial charge >= 0.3 is 0 Å². The SMILES string of the molecule is C[C@H](NC(=O)CCN1C(=O)c2ccccc2C1=O)C(=O)N1CCOCC1. The van der Waals surface area contributed by atoms with Crippen LogP contribution in [-0.2, 0) is 14.3 Å². The van der Waals surface area contributed by atoms with Crippen LogP contribution < -0.4 is 5.32 Å². The predicted octanol–water partition coefficient (Wildman–Crippen LogP) is 0.0362. The van der Waals surface area contributed by atoms with E-state index >= 15 is 0 Å². The third-order valence-electron chi connectivity index (χ3n) is 4.51. The van der Waals surface area contributed by atoms with Crippen LogP contribution in [-0.4, -0.2) is 72.3 Å². The Kier molecular flexibility index (Phi) is 5.32. The molecular weight excluding hydrogens is 338 g/mol. The van der Waals surface area contributed by atoms with Gasteiger partial charge in [-0.3, -0.25) is 24.1 Å². The molecule has 8 heteroatoms. The summed E-state index contributed by atoms with van der Waals surface area (Å²) in [5.74, 6) is -1.33. The summed E-state index contributed by atoms with van der Waals surface area (Å²) in [4.78, 5) is 51.6. The first-order chi connectivity index (χ1) is 12.5. The summed E-state index contributed by atoms with van der Waals surface area (Å²) in [5, 5.41) is 2.63. The first kappa shape index (κ1) is 18.1. The topological polar surface area (TPSA) is 96.0 Å². The Labute approximate surface area is 151 Å². The molecule has 0 radical (unpaired) electrons. The first-order valence-corrected chi connectivity index (χ1v) is 8.60. The van der Waals surface area contributed by atoms with E-state index in [2.05, 4.69) is 5.32 Å². The summed E-state index contributed by atoms with van der Waals surface area (Å²) in [7, 11) is 0. The number of nitrogens with one attached hydrogen (secondary N) is 1. The molecule has 0 spiro atoms. The van der Waals surface area contributed by atoms with E-state index in [1.54, 1.807) is 36.1 Å². The maximum absolute atomic E-state index is 12.3. The lowest BCUT2D eigenvalue weighted by atomic mass is 10.1. The van der Waals surface area contributed by atoms with E-state index in [0.717, 1.165) is 4.90 Å². The van der Waals surface area contributed by atoms with Crippen LogP contribution in [0.3, 0.4) is 0 Å². The number of carbonyl (C=O) groups is 4. The summed E-state index contributed by atoms with van der Waals surface area (Å²) < 4.78 is 5.20. The molecule has 1 N–H and O–H groups in total. The van der Waals surface area contributed by atoms with Gasteiger partial charge in [-0.15, -0.1) is 0 Å². The molecule has 2 aliphatic heterocycles. The minimum Gasteiger partial charge on any atom is -0.378 e. The van der Waals surface area contributed by atoms with Crippen LogP contribution in [0.15, 0.2) is 24.3 Å². The van der Waals surface area contributed by atoms with Gasteiger partial charge in [-0.05, 0) is 19.1 Å². The number of benzene rings is 1. The Hall–Kier alpha value is -2.74. The van der Waals surface area contributed by atoms with Crippen molar-refractivity contribution in [1.29, 1.82) is 0 Å². The minimum atomic E-state index is -0.664. The maximum atomic E-state index is 12.3. The molecule has 8 nitrogen and oxygen atoms in total. The number of amides is 4. The van der Waals surface area contributed by atoms with E-state index in [4.69, 9.17) is 4.74 Å². The summed E-state index contributed by atoms with van der Waals surface area (Å²) in [5.41, 5.74) is 0.711. The zero-order valence-corrected chi connectivity index (χ0v) is 14.6. The van der Waals surface area contributed by atoms with Gasteiger partial charge in [-0.25, -0.2) is 0 Å². The highest BCUT2D eigenvalue weighted by Crippen LogP contribution is 2.22. The molecule has 0 aliphatic carbocycles. The van der Waals surface area contributed by atoms with Gasteiger partial charge < -0.3 is 15.0 Å². The summed E-state index contributed by atoms with van der Waals surface area (Å²) >= 11 is 0. The highest BCUT2D eigenvalue weighted by molar-refractivity contribution is 6.21. The molecule has 1 fully saturated rings. The number of nitrogens with zero attached hydrogens (tertiary/aromatic N) is 2. The minimum absolute atomic E-state index is 0.0172. The fourth-order valence-corrected chi connectivity index (χ4v) is 3.09. The third kappa shape index (κ3) is 3.60. The summed E-state index contributed by atoms with van der Waals surface area (Å²) in [6.07, 6.45) is -0.0494. The monoisotopic (exact) mass is 359 g/mol. The lowest BCUT2D eigenvalue weighted by Gasteiger charge is -2.29. The normalized spacial score (nSPS) is 17.9. The zero-order chi connectivity index (χ0) is 18.7. The molecule has 3 rings (SSSR count). The smallest absolute Gasteiger partial charge is 0.261 e. The maximum Gasteiger partial charge on any atom is 0.261 e. The molecule has 1 saturated heterocycles. The van der Waals surface area contributed by atoms with Crippen LogP contribution in [0.1, 0.15) is 34.1 Å². The number of morpholine rings is 1. The zero-order valence-electron chi connectivity index (χ0n) is 14.6. The molecule has 138 valence electrons. The Morgan fingerprint density at radius 3 is 2.27 bits per heavy atom. The van der Waals surface area contributed by atoms with Crippen molar-refractivity contribution in [3.05, 3.63) is 35.4 Å².